The molecule has 38 heavy (non-hydrogen) atoms. The number of hydrogen-bond acceptors (Lipinski definition) is 8. The number of benzene rings is 2. The van der Waals surface area contributed by atoms with E-state index in [9.17, 15) is 22.8 Å². The third kappa shape index (κ3) is 6.89. The summed E-state index contributed by atoms with van der Waals surface area (Å²) in [5, 5.41) is 0. The lowest BCUT2D eigenvalue weighted by atomic mass is 10.2. The number of nitrogens with two attached hydrogens (primary N) is 2. The first-order valence-electron chi connectivity index (χ1n) is 10.5. The number of halogens is 5. The maximum Gasteiger partial charge on any atom is 0.360 e. The van der Waals surface area contributed by atoms with E-state index >= 15 is 0 Å². The van der Waals surface area contributed by atoms with Crippen LogP contribution in [0.15, 0.2) is 57.7 Å². The maximum atomic E-state index is 13.7. The fraction of sp³-hybridized carbons (Fsp3) is 0.0833. The molecule has 0 radical (unpaired) electrons. The first-order chi connectivity index (χ1) is 18.0. The van der Waals surface area contributed by atoms with Crippen molar-refractivity contribution in [1.29, 1.82) is 0 Å². The fourth-order valence-corrected chi connectivity index (χ4v) is 3.62. The van der Waals surface area contributed by atoms with Crippen molar-refractivity contribution in [2.45, 2.75) is 6.92 Å². The molecule has 0 bridgehead atoms. The Balaban J connectivity index is 0.000000212. The van der Waals surface area contributed by atoms with Crippen LogP contribution >= 0.6 is 31.9 Å². The summed E-state index contributed by atoms with van der Waals surface area (Å²) in [6.07, 6.45) is 2.04. The number of ether oxygens (including phenoxy) is 1. The lowest BCUT2D eigenvalue weighted by molar-refractivity contribution is 0.0513. The smallest absolute Gasteiger partial charge is 0.360 e. The van der Waals surface area contributed by atoms with E-state index in [1.807, 2.05) is 0 Å². The van der Waals surface area contributed by atoms with Crippen LogP contribution < -0.4 is 11.5 Å². The largest absolute Gasteiger partial charge is 0.461 e. The first kappa shape index (κ1) is 28.7. The van der Waals surface area contributed by atoms with E-state index in [0.29, 0.717) is 8.95 Å². The molecule has 2 aromatic heterocycles. The zero-order valence-corrected chi connectivity index (χ0v) is 22.6. The molecular weight excluding hydrogens is 637 g/mol. The van der Waals surface area contributed by atoms with Gasteiger partial charge in [-0.25, -0.2) is 37.9 Å². The number of primary amides is 1. The minimum absolute atomic E-state index is 0.0526. The van der Waals surface area contributed by atoms with Gasteiger partial charge in [-0.15, -0.1) is 0 Å². The molecule has 0 aliphatic rings. The molecule has 4 rings (SSSR count). The van der Waals surface area contributed by atoms with E-state index in [0.717, 1.165) is 6.20 Å². The minimum Gasteiger partial charge on any atom is -0.461 e. The van der Waals surface area contributed by atoms with Crippen molar-refractivity contribution >= 4 is 49.4 Å². The number of carbonyl (C=O) groups excluding carboxylic acids is 2. The molecule has 0 saturated carbocycles. The van der Waals surface area contributed by atoms with Crippen LogP contribution in [-0.2, 0) is 4.74 Å². The van der Waals surface area contributed by atoms with Crippen LogP contribution in [0.4, 0.5) is 18.9 Å². The topological polar surface area (TPSA) is 147 Å². The van der Waals surface area contributed by atoms with Crippen molar-refractivity contribution in [2.75, 3.05) is 12.3 Å². The number of aromatic nitrogens is 4. The van der Waals surface area contributed by atoms with Gasteiger partial charge < -0.3 is 16.2 Å². The number of esters is 1. The van der Waals surface area contributed by atoms with Crippen molar-refractivity contribution in [3.8, 4) is 22.8 Å². The van der Waals surface area contributed by atoms with Gasteiger partial charge in [-0.3, -0.25) is 4.79 Å². The van der Waals surface area contributed by atoms with E-state index < -0.39 is 35.0 Å². The predicted molar refractivity (Wildman–Crippen MR) is 139 cm³/mol. The lowest BCUT2D eigenvalue weighted by Gasteiger charge is -2.06. The van der Waals surface area contributed by atoms with Crippen molar-refractivity contribution < 1.29 is 27.5 Å². The SMILES string of the molecule is CCOC(=O)c1nc(-c2cc(Br)ccc2F)ncc1F.NC(=O)c1nc(-c2cc(Br)ccc2F)ncc1N. The van der Waals surface area contributed by atoms with Gasteiger partial charge in [0.1, 0.15) is 11.6 Å². The van der Waals surface area contributed by atoms with Crippen LogP contribution in [0, 0.1) is 17.5 Å². The second kappa shape index (κ2) is 12.6. The molecule has 0 unspecified atom stereocenters. The van der Waals surface area contributed by atoms with Gasteiger partial charge in [0.2, 0.25) is 0 Å². The van der Waals surface area contributed by atoms with Crippen molar-refractivity contribution in [2.24, 2.45) is 5.73 Å². The molecule has 196 valence electrons. The molecule has 1 amide bonds. The number of amides is 1. The van der Waals surface area contributed by atoms with Gasteiger partial charge in [-0.2, -0.15) is 0 Å². The van der Waals surface area contributed by atoms with Gasteiger partial charge in [0, 0.05) is 8.95 Å². The van der Waals surface area contributed by atoms with E-state index in [4.69, 9.17) is 11.5 Å². The summed E-state index contributed by atoms with van der Waals surface area (Å²) in [6, 6.07) is 8.49. The van der Waals surface area contributed by atoms with E-state index in [-0.39, 0.29) is 40.8 Å². The number of hydrogen-bond donors (Lipinski definition) is 2. The van der Waals surface area contributed by atoms with Gasteiger partial charge in [-0.1, -0.05) is 31.9 Å². The second-order valence-corrected chi connectivity index (χ2v) is 9.05. The van der Waals surface area contributed by atoms with Gasteiger partial charge in [0.15, 0.2) is 28.9 Å². The second-order valence-electron chi connectivity index (χ2n) is 7.22. The molecule has 0 saturated heterocycles. The Labute approximate surface area is 230 Å². The summed E-state index contributed by atoms with van der Waals surface area (Å²) >= 11 is 6.41. The van der Waals surface area contributed by atoms with E-state index in [1.54, 1.807) is 13.0 Å². The Hall–Kier alpha value is -3.91. The average molecular weight is 654 g/mol. The summed E-state index contributed by atoms with van der Waals surface area (Å²) < 4.78 is 46.8. The highest BCUT2D eigenvalue weighted by Crippen LogP contribution is 2.25. The van der Waals surface area contributed by atoms with Crippen molar-refractivity contribution in [3.63, 3.8) is 0 Å². The molecule has 0 aliphatic carbocycles. The number of anilines is 1. The van der Waals surface area contributed by atoms with Crippen LogP contribution in [-0.4, -0.2) is 38.4 Å². The monoisotopic (exact) mass is 652 g/mol. The zero-order chi connectivity index (χ0) is 28.0. The number of nitrogen functional groups attached to an aromatic ring is 1. The summed E-state index contributed by atoms with van der Waals surface area (Å²) in [7, 11) is 0. The Kier molecular flexibility index (Phi) is 9.47. The average Bonchev–Trinajstić information content (AvgIpc) is 2.88. The summed E-state index contributed by atoms with van der Waals surface area (Å²) in [6.45, 7) is 1.68. The molecule has 9 nitrogen and oxygen atoms in total. The standard InChI is InChI=1S/C13H9BrF2N2O2.C11H8BrFN4O/c1-2-20-13(19)11-10(16)6-17-12(18-11)8-5-7(14)3-4-9(8)15;12-5-1-2-7(13)6(3-5)11-16-4-8(14)9(17-11)10(15)18/h3-6H,2H2,1H3;1-4H,14H2,(H2,15,18). The normalized spacial score (nSPS) is 10.4. The third-order valence-electron chi connectivity index (χ3n) is 4.60. The van der Waals surface area contributed by atoms with Crippen LogP contribution in [0.2, 0.25) is 0 Å². The Morgan fingerprint density at radius 3 is 1.84 bits per heavy atom. The maximum absolute atomic E-state index is 13.7. The first-order valence-corrected chi connectivity index (χ1v) is 12.1. The Bertz CT molecular complexity index is 1520. The lowest BCUT2D eigenvalue weighted by Crippen LogP contribution is -2.16. The molecule has 4 N–H and O–H groups in total. The van der Waals surface area contributed by atoms with Crippen LogP contribution in [0.25, 0.3) is 22.8 Å². The Morgan fingerprint density at radius 2 is 1.34 bits per heavy atom. The van der Waals surface area contributed by atoms with Gasteiger partial charge in [0.05, 0.1) is 35.8 Å². The molecule has 4 aromatic rings. The van der Waals surface area contributed by atoms with E-state index in [2.05, 4.69) is 56.5 Å². The highest BCUT2D eigenvalue weighted by Gasteiger charge is 2.19. The minimum atomic E-state index is -0.914. The fourth-order valence-electron chi connectivity index (χ4n) is 2.90. The molecule has 0 fully saturated rings. The summed E-state index contributed by atoms with van der Waals surface area (Å²) in [4.78, 5) is 37.9. The van der Waals surface area contributed by atoms with Crippen LogP contribution in [0.5, 0.6) is 0 Å². The van der Waals surface area contributed by atoms with Gasteiger partial charge in [0.25, 0.3) is 5.91 Å². The predicted octanol–water partition coefficient (Wildman–Crippen LogP) is 5.09. The molecule has 0 aliphatic heterocycles. The van der Waals surface area contributed by atoms with Gasteiger partial charge >= 0.3 is 5.97 Å². The Morgan fingerprint density at radius 1 is 0.842 bits per heavy atom. The molecule has 0 spiro atoms. The van der Waals surface area contributed by atoms with Gasteiger partial charge in [-0.05, 0) is 43.3 Å². The molecule has 2 aromatic carbocycles. The molecule has 0 atom stereocenters. The highest BCUT2D eigenvalue weighted by molar-refractivity contribution is 9.10. The number of carbonyl (C=O) groups is 2. The summed E-state index contributed by atoms with van der Waals surface area (Å²) in [5.74, 6) is -3.73. The van der Waals surface area contributed by atoms with E-state index in [1.165, 1.54) is 36.5 Å². The zero-order valence-electron chi connectivity index (χ0n) is 19.4. The van der Waals surface area contributed by atoms with Crippen molar-refractivity contribution in [3.05, 3.63) is 86.6 Å². The van der Waals surface area contributed by atoms with Crippen LogP contribution in [0.1, 0.15) is 27.9 Å². The number of rotatable bonds is 5. The molecule has 14 heteroatoms. The highest BCUT2D eigenvalue weighted by atomic mass is 79.9. The summed E-state index contributed by atoms with van der Waals surface area (Å²) in [5.41, 5.74) is 10.3. The van der Waals surface area contributed by atoms with Crippen LogP contribution in [0.3, 0.4) is 0 Å². The number of nitrogens with zero attached hydrogens (tertiary/aromatic N) is 4. The third-order valence-corrected chi connectivity index (χ3v) is 5.59. The molecular formula is C24H17Br2F3N6O3. The quantitative estimate of drug-likeness (QED) is 0.283. The van der Waals surface area contributed by atoms with Crippen molar-refractivity contribution in [1.82, 2.24) is 19.9 Å². The molecule has 2 heterocycles.